The lowest BCUT2D eigenvalue weighted by atomic mass is 9.78. The molecule has 1 aliphatic carbocycles. The number of rotatable bonds is 5. The van der Waals surface area contributed by atoms with Crippen molar-refractivity contribution in [1.82, 2.24) is 5.32 Å². The predicted octanol–water partition coefficient (Wildman–Crippen LogP) is 2.62. The monoisotopic (exact) mass is 230 g/mol. The maximum absolute atomic E-state index is 8.46. The van der Waals surface area contributed by atoms with E-state index in [0.717, 1.165) is 12.3 Å². The average molecular weight is 230 g/mol. The van der Waals surface area contributed by atoms with Crippen LogP contribution in [0, 0.1) is 11.3 Å². The minimum atomic E-state index is 0.106. The van der Waals surface area contributed by atoms with Gasteiger partial charge < -0.3 is 10.1 Å². The number of nitrogens with one attached hydrogen (secondary N) is 1. The summed E-state index contributed by atoms with van der Waals surface area (Å²) < 4.78 is 5.28. The van der Waals surface area contributed by atoms with Gasteiger partial charge >= 0.3 is 0 Å². The van der Waals surface area contributed by atoms with E-state index in [9.17, 15) is 0 Å². The zero-order valence-electron chi connectivity index (χ0n) is 10.2. The van der Waals surface area contributed by atoms with Gasteiger partial charge in [-0.25, -0.2) is 0 Å². The fourth-order valence-corrected chi connectivity index (χ4v) is 2.06. The smallest absolute Gasteiger partial charge is 0.174 e. The molecule has 1 fully saturated rings. The van der Waals surface area contributed by atoms with Crippen molar-refractivity contribution in [3.05, 3.63) is 29.8 Å². The molecule has 0 saturated heterocycles. The molecule has 0 aliphatic heterocycles. The Morgan fingerprint density at radius 3 is 2.94 bits per heavy atom. The third-order valence-electron chi connectivity index (χ3n) is 3.38. The molecule has 1 aliphatic rings. The van der Waals surface area contributed by atoms with E-state index >= 15 is 0 Å². The number of ether oxygens (including phenoxy) is 1. The Morgan fingerprint density at radius 1 is 1.47 bits per heavy atom. The SMILES string of the molecule is CC1(NCc2cccc(OCC#N)c2)CCC1. The minimum Gasteiger partial charge on any atom is -0.479 e. The van der Waals surface area contributed by atoms with Crippen LogP contribution in [0.1, 0.15) is 31.7 Å². The minimum absolute atomic E-state index is 0.106. The number of hydrogen-bond acceptors (Lipinski definition) is 3. The highest BCUT2D eigenvalue weighted by Crippen LogP contribution is 2.31. The average Bonchev–Trinajstić information content (AvgIpc) is 2.32. The Kier molecular flexibility index (Phi) is 3.65. The number of hydrogen-bond donors (Lipinski definition) is 1. The first-order valence-corrected chi connectivity index (χ1v) is 6.06. The van der Waals surface area contributed by atoms with E-state index in [1.807, 2.05) is 24.3 Å². The molecule has 1 N–H and O–H groups in total. The van der Waals surface area contributed by atoms with E-state index in [4.69, 9.17) is 10.00 Å². The van der Waals surface area contributed by atoms with Crippen LogP contribution in [0.3, 0.4) is 0 Å². The first kappa shape index (κ1) is 11.9. The van der Waals surface area contributed by atoms with Crippen molar-refractivity contribution in [2.24, 2.45) is 0 Å². The lowest BCUT2D eigenvalue weighted by Crippen LogP contribution is -2.47. The molecule has 0 unspecified atom stereocenters. The molecule has 17 heavy (non-hydrogen) atoms. The Morgan fingerprint density at radius 2 is 2.29 bits per heavy atom. The fourth-order valence-electron chi connectivity index (χ4n) is 2.06. The van der Waals surface area contributed by atoms with Gasteiger partial charge in [-0.2, -0.15) is 5.26 Å². The van der Waals surface area contributed by atoms with Gasteiger partial charge in [0.2, 0.25) is 0 Å². The second kappa shape index (κ2) is 5.20. The lowest BCUT2D eigenvalue weighted by Gasteiger charge is -2.39. The van der Waals surface area contributed by atoms with Crippen LogP contribution in [0.5, 0.6) is 5.75 Å². The maximum atomic E-state index is 8.46. The second-order valence-electron chi connectivity index (χ2n) is 4.86. The largest absolute Gasteiger partial charge is 0.479 e. The van der Waals surface area contributed by atoms with Crippen LogP contribution in [0.2, 0.25) is 0 Å². The van der Waals surface area contributed by atoms with Gasteiger partial charge in [-0.3, -0.25) is 0 Å². The van der Waals surface area contributed by atoms with Gasteiger partial charge in [-0.05, 0) is 43.9 Å². The third-order valence-corrected chi connectivity index (χ3v) is 3.38. The first-order chi connectivity index (χ1) is 8.22. The Hall–Kier alpha value is -1.53. The number of benzene rings is 1. The molecule has 0 spiro atoms. The molecule has 0 radical (unpaired) electrons. The van der Waals surface area contributed by atoms with Crippen molar-refractivity contribution in [3.63, 3.8) is 0 Å². The van der Waals surface area contributed by atoms with Gasteiger partial charge in [0, 0.05) is 12.1 Å². The number of nitriles is 1. The molecule has 0 bridgehead atoms. The van der Waals surface area contributed by atoms with E-state index in [1.54, 1.807) is 0 Å². The van der Waals surface area contributed by atoms with Crippen molar-refractivity contribution in [2.75, 3.05) is 6.61 Å². The highest BCUT2D eigenvalue weighted by molar-refractivity contribution is 5.28. The van der Waals surface area contributed by atoms with E-state index in [1.165, 1.54) is 24.8 Å². The summed E-state index contributed by atoms with van der Waals surface area (Å²) in [7, 11) is 0. The van der Waals surface area contributed by atoms with Crippen LogP contribution in [0.4, 0.5) is 0 Å². The van der Waals surface area contributed by atoms with Crippen molar-refractivity contribution in [2.45, 2.75) is 38.3 Å². The van der Waals surface area contributed by atoms with Gasteiger partial charge in [-0.1, -0.05) is 12.1 Å². The fraction of sp³-hybridized carbons (Fsp3) is 0.500. The molecule has 2 rings (SSSR count). The molecule has 1 aromatic rings. The summed E-state index contributed by atoms with van der Waals surface area (Å²) in [4.78, 5) is 0. The van der Waals surface area contributed by atoms with Gasteiger partial charge in [0.05, 0.1) is 0 Å². The second-order valence-corrected chi connectivity index (χ2v) is 4.86. The molecular formula is C14H18N2O. The van der Waals surface area contributed by atoms with Gasteiger partial charge in [0.25, 0.3) is 0 Å². The third kappa shape index (κ3) is 3.21. The van der Waals surface area contributed by atoms with Crippen LogP contribution in [-0.4, -0.2) is 12.1 Å². The maximum Gasteiger partial charge on any atom is 0.174 e. The van der Waals surface area contributed by atoms with Gasteiger partial charge in [0.15, 0.2) is 6.61 Å². The van der Waals surface area contributed by atoms with Crippen LogP contribution in [0.25, 0.3) is 0 Å². The van der Waals surface area contributed by atoms with E-state index in [-0.39, 0.29) is 6.61 Å². The van der Waals surface area contributed by atoms with E-state index in [2.05, 4.69) is 18.3 Å². The molecule has 90 valence electrons. The zero-order chi connectivity index (χ0) is 12.1. The Balaban J connectivity index is 1.89. The predicted molar refractivity (Wildman–Crippen MR) is 66.6 cm³/mol. The quantitative estimate of drug-likeness (QED) is 0.845. The molecule has 0 atom stereocenters. The summed E-state index contributed by atoms with van der Waals surface area (Å²) in [6.45, 7) is 3.24. The standard InChI is InChI=1S/C14H18N2O/c1-14(6-3-7-14)16-11-12-4-2-5-13(10-12)17-9-8-15/h2,4-5,10,16H,3,6-7,9,11H2,1H3. The van der Waals surface area contributed by atoms with Crippen LogP contribution in [-0.2, 0) is 6.54 Å². The highest BCUT2D eigenvalue weighted by atomic mass is 16.5. The molecule has 0 aromatic heterocycles. The summed E-state index contributed by atoms with van der Waals surface area (Å²) in [5.74, 6) is 0.768. The summed E-state index contributed by atoms with van der Waals surface area (Å²) in [6.07, 6.45) is 3.85. The van der Waals surface area contributed by atoms with Crippen molar-refractivity contribution >= 4 is 0 Å². The van der Waals surface area contributed by atoms with Crippen molar-refractivity contribution < 1.29 is 4.74 Å². The zero-order valence-corrected chi connectivity index (χ0v) is 10.2. The van der Waals surface area contributed by atoms with Gasteiger partial charge in [-0.15, -0.1) is 0 Å². The van der Waals surface area contributed by atoms with Crippen LogP contribution >= 0.6 is 0 Å². The normalized spacial score (nSPS) is 16.9. The van der Waals surface area contributed by atoms with Gasteiger partial charge in [0.1, 0.15) is 11.8 Å². The Bertz CT molecular complexity index is 418. The molecular weight excluding hydrogens is 212 g/mol. The van der Waals surface area contributed by atoms with Crippen molar-refractivity contribution in [3.8, 4) is 11.8 Å². The molecule has 3 nitrogen and oxygen atoms in total. The first-order valence-electron chi connectivity index (χ1n) is 6.06. The molecule has 1 saturated carbocycles. The molecule has 1 aromatic carbocycles. The lowest BCUT2D eigenvalue weighted by molar-refractivity contribution is 0.206. The molecule has 3 heteroatoms. The molecule has 0 heterocycles. The topological polar surface area (TPSA) is 45.0 Å². The van der Waals surface area contributed by atoms with E-state index < -0.39 is 0 Å². The van der Waals surface area contributed by atoms with Crippen LogP contribution < -0.4 is 10.1 Å². The van der Waals surface area contributed by atoms with E-state index in [0.29, 0.717) is 5.54 Å². The number of nitrogens with zero attached hydrogens (tertiary/aromatic N) is 1. The summed E-state index contributed by atoms with van der Waals surface area (Å²) in [6, 6.07) is 9.89. The highest BCUT2D eigenvalue weighted by Gasteiger charge is 2.30. The summed E-state index contributed by atoms with van der Waals surface area (Å²) in [5, 5.41) is 12.0. The van der Waals surface area contributed by atoms with Crippen LogP contribution in [0.15, 0.2) is 24.3 Å². The van der Waals surface area contributed by atoms with Crippen molar-refractivity contribution in [1.29, 1.82) is 5.26 Å². The summed E-state index contributed by atoms with van der Waals surface area (Å²) in [5.41, 5.74) is 1.53. The summed E-state index contributed by atoms with van der Waals surface area (Å²) >= 11 is 0. The Labute approximate surface area is 102 Å². The molecule has 0 amide bonds.